The van der Waals surface area contributed by atoms with Crippen LogP contribution in [0.3, 0.4) is 0 Å². The normalized spacial score (nSPS) is 27.3. The zero-order valence-electron chi connectivity index (χ0n) is 11.1. The van der Waals surface area contributed by atoms with Gasteiger partial charge in [0.15, 0.2) is 0 Å². The van der Waals surface area contributed by atoms with Crippen LogP contribution in [0.1, 0.15) is 37.7 Å². The maximum atomic E-state index is 4.56. The fourth-order valence-electron chi connectivity index (χ4n) is 3.49. The van der Waals surface area contributed by atoms with Crippen LogP contribution in [0.5, 0.6) is 0 Å². The highest BCUT2D eigenvalue weighted by atomic mass is 15.3. The number of hydrogen-bond acceptors (Lipinski definition) is 4. The molecule has 1 N–H and O–H groups in total. The molecule has 0 spiro atoms. The van der Waals surface area contributed by atoms with E-state index >= 15 is 0 Å². The minimum Gasteiger partial charge on any atom is -0.338 e. The molecule has 2 aliphatic rings. The molecule has 18 heavy (non-hydrogen) atoms. The Kier molecular flexibility index (Phi) is 3.46. The first kappa shape index (κ1) is 11.9. The predicted octanol–water partition coefficient (Wildman–Crippen LogP) is 1.96. The smallest absolute Gasteiger partial charge is 0.225 e. The first-order valence-electron chi connectivity index (χ1n) is 7.10. The summed E-state index contributed by atoms with van der Waals surface area (Å²) in [5.41, 5.74) is 1.15. The van der Waals surface area contributed by atoms with Crippen LogP contribution in [0.15, 0.2) is 12.4 Å². The van der Waals surface area contributed by atoms with Gasteiger partial charge in [-0.1, -0.05) is 6.42 Å². The number of anilines is 1. The third-order valence-electron chi connectivity index (χ3n) is 4.32. The largest absolute Gasteiger partial charge is 0.338 e. The number of hydrogen-bond donors (Lipinski definition) is 1. The first-order valence-corrected chi connectivity index (χ1v) is 7.10. The lowest BCUT2D eigenvalue weighted by Gasteiger charge is -2.37. The summed E-state index contributed by atoms with van der Waals surface area (Å²) in [6, 6.07) is 0.703. The fourth-order valence-corrected chi connectivity index (χ4v) is 3.49. The summed E-state index contributed by atoms with van der Waals surface area (Å²) < 4.78 is 0. The van der Waals surface area contributed by atoms with Crippen LogP contribution in [0.25, 0.3) is 0 Å². The molecule has 1 saturated heterocycles. The predicted molar refractivity (Wildman–Crippen MR) is 72.5 cm³/mol. The summed E-state index contributed by atoms with van der Waals surface area (Å²) in [4.78, 5) is 11.6. The van der Waals surface area contributed by atoms with Gasteiger partial charge in [-0.2, -0.15) is 0 Å². The SMILES string of the molecule is CNCc1cnc(N2CCCC3CCCC32)nc1. The number of aromatic nitrogens is 2. The molecule has 1 aromatic heterocycles. The third kappa shape index (κ3) is 2.21. The molecule has 2 unspecified atom stereocenters. The molecular weight excluding hydrogens is 224 g/mol. The summed E-state index contributed by atoms with van der Waals surface area (Å²) in [7, 11) is 1.95. The second-order valence-corrected chi connectivity index (χ2v) is 5.52. The van der Waals surface area contributed by atoms with Crippen molar-refractivity contribution >= 4 is 5.95 Å². The average molecular weight is 246 g/mol. The zero-order chi connectivity index (χ0) is 12.4. The van der Waals surface area contributed by atoms with E-state index in [4.69, 9.17) is 0 Å². The Morgan fingerprint density at radius 1 is 1.22 bits per heavy atom. The molecule has 3 rings (SSSR count). The molecule has 98 valence electrons. The monoisotopic (exact) mass is 246 g/mol. The first-order chi connectivity index (χ1) is 8.88. The number of nitrogens with zero attached hydrogens (tertiary/aromatic N) is 3. The van der Waals surface area contributed by atoms with E-state index in [-0.39, 0.29) is 0 Å². The van der Waals surface area contributed by atoms with Crippen molar-refractivity contribution < 1.29 is 0 Å². The maximum absolute atomic E-state index is 4.56. The van der Waals surface area contributed by atoms with Crippen LogP contribution in [-0.2, 0) is 6.54 Å². The summed E-state index contributed by atoms with van der Waals surface area (Å²) in [6.07, 6.45) is 10.7. The lowest BCUT2D eigenvalue weighted by Crippen LogP contribution is -2.43. The summed E-state index contributed by atoms with van der Waals surface area (Å²) >= 11 is 0. The summed E-state index contributed by atoms with van der Waals surface area (Å²) in [5, 5.41) is 3.13. The highest BCUT2D eigenvalue weighted by Gasteiger charge is 2.35. The zero-order valence-corrected chi connectivity index (χ0v) is 11.1. The Labute approximate surface area is 109 Å². The molecule has 2 fully saturated rings. The number of nitrogens with one attached hydrogen (secondary N) is 1. The standard InChI is InChI=1S/C14H22N4/c1-15-8-11-9-16-14(17-10-11)18-7-3-5-12-4-2-6-13(12)18/h9-10,12-13,15H,2-8H2,1H3. The summed E-state index contributed by atoms with van der Waals surface area (Å²) in [6.45, 7) is 1.97. The number of fused-ring (bicyclic) bond motifs is 1. The van der Waals surface area contributed by atoms with Crippen molar-refractivity contribution in [1.29, 1.82) is 0 Å². The van der Waals surface area contributed by atoms with Crippen LogP contribution >= 0.6 is 0 Å². The quantitative estimate of drug-likeness (QED) is 0.885. The van der Waals surface area contributed by atoms with Gasteiger partial charge < -0.3 is 10.2 Å². The van der Waals surface area contributed by atoms with Gasteiger partial charge in [0.2, 0.25) is 5.95 Å². The topological polar surface area (TPSA) is 41.1 Å². The van der Waals surface area contributed by atoms with Crippen molar-refractivity contribution in [3.05, 3.63) is 18.0 Å². The lowest BCUT2D eigenvalue weighted by atomic mass is 9.92. The second kappa shape index (κ2) is 5.22. The van der Waals surface area contributed by atoms with Gasteiger partial charge >= 0.3 is 0 Å². The van der Waals surface area contributed by atoms with Crippen LogP contribution in [0, 0.1) is 5.92 Å². The van der Waals surface area contributed by atoms with Gasteiger partial charge in [-0.15, -0.1) is 0 Å². The Hall–Kier alpha value is -1.16. The van der Waals surface area contributed by atoms with Gasteiger partial charge in [-0.3, -0.25) is 0 Å². The van der Waals surface area contributed by atoms with Crippen molar-refractivity contribution in [1.82, 2.24) is 15.3 Å². The Bertz CT molecular complexity index is 389. The molecule has 0 aromatic carbocycles. The van der Waals surface area contributed by atoms with E-state index < -0.39 is 0 Å². The Balaban J connectivity index is 1.76. The Morgan fingerprint density at radius 3 is 2.78 bits per heavy atom. The molecule has 2 heterocycles. The second-order valence-electron chi connectivity index (χ2n) is 5.52. The van der Waals surface area contributed by atoms with Gasteiger partial charge in [-0.25, -0.2) is 9.97 Å². The molecule has 1 aliphatic carbocycles. The van der Waals surface area contributed by atoms with Gasteiger partial charge in [0, 0.05) is 37.1 Å². The fraction of sp³-hybridized carbons (Fsp3) is 0.714. The minimum absolute atomic E-state index is 0.703. The van der Waals surface area contributed by atoms with Crippen molar-refractivity contribution in [3.8, 4) is 0 Å². The van der Waals surface area contributed by atoms with Gasteiger partial charge in [-0.05, 0) is 38.6 Å². The molecule has 4 heteroatoms. The van der Waals surface area contributed by atoms with Crippen LogP contribution < -0.4 is 10.2 Å². The maximum Gasteiger partial charge on any atom is 0.225 e. The molecule has 1 aromatic rings. The average Bonchev–Trinajstić information content (AvgIpc) is 2.88. The molecular formula is C14H22N4. The molecule has 4 nitrogen and oxygen atoms in total. The highest BCUT2D eigenvalue weighted by Crippen LogP contribution is 2.37. The van der Waals surface area contributed by atoms with E-state index in [2.05, 4.69) is 20.2 Å². The minimum atomic E-state index is 0.703. The number of rotatable bonds is 3. The molecule has 0 amide bonds. The lowest BCUT2D eigenvalue weighted by molar-refractivity contribution is 0.358. The molecule has 0 radical (unpaired) electrons. The highest BCUT2D eigenvalue weighted by molar-refractivity contribution is 5.33. The van der Waals surface area contributed by atoms with Gasteiger partial charge in [0.1, 0.15) is 0 Å². The van der Waals surface area contributed by atoms with Gasteiger partial charge in [0.05, 0.1) is 0 Å². The molecule has 0 bridgehead atoms. The van der Waals surface area contributed by atoms with E-state index in [1.807, 2.05) is 19.4 Å². The molecule has 1 aliphatic heterocycles. The van der Waals surface area contributed by atoms with E-state index in [1.165, 1.54) is 32.1 Å². The van der Waals surface area contributed by atoms with Crippen molar-refractivity contribution in [2.75, 3.05) is 18.5 Å². The van der Waals surface area contributed by atoms with E-state index in [0.29, 0.717) is 6.04 Å². The molecule has 2 atom stereocenters. The van der Waals surface area contributed by atoms with Crippen LogP contribution in [0.4, 0.5) is 5.95 Å². The van der Waals surface area contributed by atoms with Crippen molar-refractivity contribution in [2.45, 2.75) is 44.7 Å². The van der Waals surface area contributed by atoms with E-state index in [9.17, 15) is 0 Å². The Morgan fingerprint density at radius 2 is 2.00 bits per heavy atom. The third-order valence-corrected chi connectivity index (χ3v) is 4.32. The van der Waals surface area contributed by atoms with Crippen LogP contribution in [0.2, 0.25) is 0 Å². The number of piperidine rings is 1. The van der Waals surface area contributed by atoms with E-state index in [1.54, 1.807) is 0 Å². The van der Waals surface area contributed by atoms with Crippen molar-refractivity contribution in [3.63, 3.8) is 0 Å². The van der Waals surface area contributed by atoms with Gasteiger partial charge in [0.25, 0.3) is 0 Å². The summed E-state index contributed by atoms with van der Waals surface area (Å²) in [5.74, 6) is 1.82. The van der Waals surface area contributed by atoms with Crippen LogP contribution in [-0.4, -0.2) is 29.6 Å². The van der Waals surface area contributed by atoms with Crippen molar-refractivity contribution in [2.24, 2.45) is 5.92 Å². The molecule has 1 saturated carbocycles. The van der Waals surface area contributed by atoms with E-state index in [0.717, 1.165) is 30.5 Å².